The van der Waals surface area contributed by atoms with Crippen LogP contribution < -0.4 is 5.32 Å². The van der Waals surface area contributed by atoms with Crippen LogP contribution in [-0.4, -0.2) is 28.0 Å². The van der Waals surface area contributed by atoms with Crippen molar-refractivity contribution in [2.45, 2.75) is 45.6 Å². The number of aromatic nitrogens is 1. The molecule has 1 aliphatic rings. The van der Waals surface area contributed by atoms with E-state index in [1.54, 1.807) is 0 Å². The highest BCUT2D eigenvalue weighted by Crippen LogP contribution is 2.40. The minimum absolute atomic E-state index is 0.362. The van der Waals surface area contributed by atoms with Crippen LogP contribution in [-0.2, 0) is 4.79 Å². The molecule has 23 heavy (non-hydrogen) atoms. The Kier molecular flexibility index (Phi) is 3.80. The molecule has 1 amide bonds. The van der Waals surface area contributed by atoms with Gasteiger partial charge < -0.3 is 10.4 Å². The zero-order valence-corrected chi connectivity index (χ0v) is 13.5. The third-order valence-corrected chi connectivity index (χ3v) is 4.23. The van der Waals surface area contributed by atoms with Gasteiger partial charge in [0.25, 0.3) is 5.91 Å². The Hall–Kier alpha value is -2.43. The number of carbonyl (C=O) groups excluding carboxylic acids is 1. The van der Waals surface area contributed by atoms with E-state index in [1.807, 2.05) is 32.0 Å². The Balaban J connectivity index is 2.13. The molecule has 120 valence electrons. The van der Waals surface area contributed by atoms with Crippen LogP contribution in [0.5, 0.6) is 0 Å². The second kappa shape index (κ2) is 5.65. The summed E-state index contributed by atoms with van der Waals surface area (Å²) in [7, 11) is 0. The van der Waals surface area contributed by atoms with Crippen molar-refractivity contribution in [2.75, 3.05) is 0 Å². The highest BCUT2D eigenvalue weighted by molar-refractivity contribution is 6.08. The summed E-state index contributed by atoms with van der Waals surface area (Å²) >= 11 is 0. The maximum Gasteiger partial charge on any atom is 0.325 e. The molecule has 1 aromatic carbocycles. The molecule has 1 saturated carbocycles. The third-order valence-electron chi connectivity index (χ3n) is 4.23. The van der Waals surface area contributed by atoms with Gasteiger partial charge >= 0.3 is 5.97 Å². The first-order valence-corrected chi connectivity index (χ1v) is 7.82. The van der Waals surface area contributed by atoms with Crippen LogP contribution in [0.1, 0.15) is 52.9 Å². The molecule has 1 aromatic heterocycles. The number of carbonyl (C=O) groups is 2. The van der Waals surface area contributed by atoms with Gasteiger partial charge in [0, 0.05) is 17.0 Å². The highest BCUT2D eigenvalue weighted by Gasteiger charge is 2.28. The number of fused-ring (bicyclic) bond motifs is 1. The van der Waals surface area contributed by atoms with Crippen LogP contribution in [0.4, 0.5) is 0 Å². The highest BCUT2D eigenvalue weighted by atomic mass is 16.4. The molecule has 3 rings (SSSR count). The van der Waals surface area contributed by atoms with Crippen molar-refractivity contribution in [1.82, 2.24) is 10.3 Å². The van der Waals surface area contributed by atoms with Gasteiger partial charge in [0.05, 0.1) is 11.1 Å². The van der Waals surface area contributed by atoms with Crippen LogP contribution in [0, 0.1) is 13.8 Å². The van der Waals surface area contributed by atoms with Crippen LogP contribution in [0.15, 0.2) is 18.2 Å². The van der Waals surface area contributed by atoms with Gasteiger partial charge in [-0.05, 0) is 51.3 Å². The Morgan fingerprint density at radius 1 is 1.26 bits per heavy atom. The van der Waals surface area contributed by atoms with E-state index < -0.39 is 12.0 Å². The first-order chi connectivity index (χ1) is 10.9. The molecule has 0 bridgehead atoms. The second-order valence-electron chi connectivity index (χ2n) is 6.38. The van der Waals surface area contributed by atoms with Crippen LogP contribution in [0.2, 0.25) is 0 Å². The molecule has 0 saturated heterocycles. The van der Waals surface area contributed by atoms with Crippen molar-refractivity contribution in [1.29, 1.82) is 0 Å². The summed E-state index contributed by atoms with van der Waals surface area (Å²) in [5.41, 5.74) is 4.35. The Morgan fingerprint density at radius 2 is 1.96 bits per heavy atom. The van der Waals surface area contributed by atoms with E-state index in [0.717, 1.165) is 40.6 Å². The van der Waals surface area contributed by atoms with Crippen molar-refractivity contribution < 1.29 is 14.7 Å². The quantitative estimate of drug-likeness (QED) is 0.909. The first kappa shape index (κ1) is 15.5. The lowest BCUT2D eigenvalue weighted by molar-refractivity contribution is -0.138. The van der Waals surface area contributed by atoms with E-state index >= 15 is 0 Å². The van der Waals surface area contributed by atoms with Gasteiger partial charge in [0.1, 0.15) is 6.04 Å². The second-order valence-corrected chi connectivity index (χ2v) is 6.38. The number of carboxylic acid groups (broad SMARTS) is 1. The van der Waals surface area contributed by atoms with E-state index in [1.165, 1.54) is 6.92 Å². The molecule has 0 spiro atoms. The minimum Gasteiger partial charge on any atom is -0.480 e. The van der Waals surface area contributed by atoms with Gasteiger partial charge in [-0.1, -0.05) is 11.6 Å². The Bertz CT molecular complexity index is 810. The summed E-state index contributed by atoms with van der Waals surface area (Å²) in [6, 6.07) is 4.88. The first-order valence-electron chi connectivity index (χ1n) is 7.82. The van der Waals surface area contributed by atoms with Crippen LogP contribution in [0.3, 0.4) is 0 Å². The summed E-state index contributed by atoms with van der Waals surface area (Å²) in [5, 5.41) is 12.3. The van der Waals surface area contributed by atoms with Crippen molar-refractivity contribution >= 4 is 22.8 Å². The monoisotopic (exact) mass is 312 g/mol. The number of carboxylic acids is 1. The summed E-state index contributed by atoms with van der Waals surface area (Å²) in [6.07, 6.45) is 2.19. The molecule has 1 aliphatic carbocycles. The molecular formula is C18H20N2O3. The number of rotatable bonds is 4. The van der Waals surface area contributed by atoms with E-state index in [9.17, 15) is 9.59 Å². The van der Waals surface area contributed by atoms with Gasteiger partial charge in [-0.3, -0.25) is 14.6 Å². The maximum atomic E-state index is 12.6. The van der Waals surface area contributed by atoms with Gasteiger partial charge in [-0.25, -0.2) is 0 Å². The molecule has 2 N–H and O–H groups in total. The Labute approximate surface area is 134 Å². The van der Waals surface area contributed by atoms with E-state index in [-0.39, 0.29) is 5.91 Å². The fourth-order valence-electron chi connectivity index (χ4n) is 2.81. The van der Waals surface area contributed by atoms with Gasteiger partial charge in [0.2, 0.25) is 0 Å². The zero-order valence-electron chi connectivity index (χ0n) is 13.5. The summed E-state index contributed by atoms with van der Waals surface area (Å²) in [5.74, 6) is -0.991. The summed E-state index contributed by atoms with van der Waals surface area (Å²) < 4.78 is 0. The number of pyridine rings is 1. The topological polar surface area (TPSA) is 79.3 Å². The molecule has 1 unspecified atom stereocenters. The number of hydrogen-bond donors (Lipinski definition) is 2. The normalized spacial score (nSPS) is 15.4. The van der Waals surface area contributed by atoms with E-state index in [4.69, 9.17) is 10.1 Å². The molecule has 1 heterocycles. The van der Waals surface area contributed by atoms with Crippen molar-refractivity contribution in [3.63, 3.8) is 0 Å². The van der Waals surface area contributed by atoms with Crippen molar-refractivity contribution in [2.24, 2.45) is 0 Å². The number of nitrogens with one attached hydrogen (secondary N) is 1. The predicted octanol–water partition coefficient (Wildman–Crippen LogP) is 2.93. The smallest absolute Gasteiger partial charge is 0.325 e. The van der Waals surface area contributed by atoms with Crippen molar-refractivity contribution in [3.8, 4) is 0 Å². The average Bonchev–Trinajstić information content (AvgIpc) is 3.30. The van der Waals surface area contributed by atoms with Crippen LogP contribution in [0.25, 0.3) is 10.9 Å². The number of aryl methyl sites for hydroxylation is 2. The lowest BCUT2D eigenvalue weighted by Crippen LogP contribution is -2.38. The predicted molar refractivity (Wildman–Crippen MR) is 87.8 cm³/mol. The molecule has 0 aliphatic heterocycles. The number of nitrogens with zero attached hydrogens (tertiary/aromatic N) is 1. The number of aliphatic carboxylic acids is 1. The van der Waals surface area contributed by atoms with Gasteiger partial charge in [0.15, 0.2) is 0 Å². The molecule has 5 nitrogen and oxygen atoms in total. The maximum absolute atomic E-state index is 12.6. The van der Waals surface area contributed by atoms with Crippen LogP contribution >= 0.6 is 0 Å². The average molecular weight is 312 g/mol. The lowest BCUT2D eigenvalue weighted by atomic mass is 10.00. The standard InChI is InChI=1S/C18H20N2O3/c1-9-6-10(2)16-13(7-9)14(8-15(20-16)12-4-5-12)17(21)19-11(3)18(22)23/h6-8,11-12H,4-5H2,1-3H3,(H,19,21)(H,22,23). The molecule has 0 radical (unpaired) electrons. The van der Waals surface area contributed by atoms with Gasteiger partial charge in [-0.2, -0.15) is 0 Å². The Morgan fingerprint density at radius 3 is 2.57 bits per heavy atom. The van der Waals surface area contributed by atoms with Gasteiger partial charge in [-0.15, -0.1) is 0 Å². The van der Waals surface area contributed by atoms with E-state index in [2.05, 4.69) is 5.32 Å². The third kappa shape index (κ3) is 3.04. The lowest BCUT2D eigenvalue weighted by Gasteiger charge is -2.14. The van der Waals surface area contributed by atoms with E-state index in [0.29, 0.717) is 11.5 Å². The number of benzene rings is 1. The largest absolute Gasteiger partial charge is 0.480 e. The fraction of sp³-hybridized carbons (Fsp3) is 0.389. The fourth-order valence-corrected chi connectivity index (χ4v) is 2.81. The zero-order chi connectivity index (χ0) is 16.7. The molecule has 1 fully saturated rings. The molecular weight excluding hydrogens is 292 g/mol. The van der Waals surface area contributed by atoms with Crippen molar-refractivity contribution in [3.05, 3.63) is 40.6 Å². The number of hydrogen-bond acceptors (Lipinski definition) is 3. The molecule has 2 aromatic rings. The summed E-state index contributed by atoms with van der Waals surface area (Å²) in [4.78, 5) is 28.3. The SMILES string of the molecule is Cc1cc(C)c2nc(C3CC3)cc(C(=O)NC(C)C(=O)O)c2c1. The summed E-state index contributed by atoms with van der Waals surface area (Å²) in [6.45, 7) is 5.42. The molecule has 5 heteroatoms. The number of amides is 1. The minimum atomic E-state index is -1.05. The molecule has 1 atom stereocenters.